The molecule has 0 aliphatic carbocycles. The second-order valence-corrected chi connectivity index (χ2v) is 5.49. The summed E-state index contributed by atoms with van der Waals surface area (Å²) in [5.74, 6) is 0. The first-order valence-corrected chi connectivity index (χ1v) is 7.39. The van der Waals surface area contributed by atoms with Gasteiger partial charge in [0.1, 0.15) is 0 Å². The maximum atomic E-state index is 5.49. The Balaban J connectivity index is 1.95. The van der Waals surface area contributed by atoms with Crippen LogP contribution in [-0.2, 0) is 4.74 Å². The Kier molecular flexibility index (Phi) is 5.26. The lowest BCUT2D eigenvalue weighted by molar-refractivity contribution is -0.00278. The van der Waals surface area contributed by atoms with Crippen molar-refractivity contribution in [3.63, 3.8) is 0 Å². The van der Waals surface area contributed by atoms with E-state index in [2.05, 4.69) is 24.1 Å². The zero-order valence-corrected chi connectivity index (χ0v) is 11.5. The number of hydrogen-bond acceptors (Lipinski definition) is 3. The van der Waals surface area contributed by atoms with Crippen molar-refractivity contribution in [2.75, 3.05) is 26.3 Å². The molecular weight excluding hydrogens is 212 g/mol. The molecular formula is C14H28N2O. The van der Waals surface area contributed by atoms with Crippen LogP contribution in [0.15, 0.2) is 0 Å². The fourth-order valence-corrected chi connectivity index (χ4v) is 3.44. The molecule has 2 atom stereocenters. The van der Waals surface area contributed by atoms with E-state index in [9.17, 15) is 0 Å². The van der Waals surface area contributed by atoms with Gasteiger partial charge in [0.15, 0.2) is 0 Å². The number of nitrogens with zero attached hydrogens (tertiary/aromatic N) is 1. The largest absolute Gasteiger partial charge is 0.381 e. The molecule has 3 nitrogen and oxygen atoms in total. The number of rotatable bonds is 4. The normalized spacial score (nSPS) is 30.4. The molecule has 1 N–H and O–H groups in total. The van der Waals surface area contributed by atoms with Crippen LogP contribution in [0.3, 0.4) is 0 Å². The highest BCUT2D eigenvalue weighted by Crippen LogP contribution is 2.26. The van der Waals surface area contributed by atoms with Crippen molar-refractivity contribution in [3.8, 4) is 0 Å². The van der Waals surface area contributed by atoms with E-state index in [-0.39, 0.29) is 0 Å². The Hall–Kier alpha value is -0.120. The third-order valence-corrected chi connectivity index (χ3v) is 4.36. The molecule has 0 bridgehead atoms. The standard InChI is InChI=1S/C14H28N2O/c1-3-15-12(2)14-6-4-5-9-16(14)13-7-10-17-11-8-13/h12-15H,3-11H2,1-2H3. The van der Waals surface area contributed by atoms with Gasteiger partial charge in [-0.05, 0) is 45.7 Å². The van der Waals surface area contributed by atoms with Gasteiger partial charge in [0.2, 0.25) is 0 Å². The van der Waals surface area contributed by atoms with Crippen molar-refractivity contribution in [2.24, 2.45) is 0 Å². The first-order chi connectivity index (χ1) is 8.33. The van der Waals surface area contributed by atoms with E-state index in [4.69, 9.17) is 4.74 Å². The van der Waals surface area contributed by atoms with Gasteiger partial charge in [0.25, 0.3) is 0 Å². The summed E-state index contributed by atoms with van der Waals surface area (Å²) < 4.78 is 5.49. The van der Waals surface area contributed by atoms with Crippen LogP contribution in [0.2, 0.25) is 0 Å². The molecule has 0 amide bonds. The summed E-state index contributed by atoms with van der Waals surface area (Å²) in [6.07, 6.45) is 6.61. The third kappa shape index (κ3) is 3.43. The van der Waals surface area contributed by atoms with Crippen molar-refractivity contribution in [3.05, 3.63) is 0 Å². The van der Waals surface area contributed by atoms with Gasteiger partial charge in [-0.2, -0.15) is 0 Å². The summed E-state index contributed by atoms with van der Waals surface area (Å²) in [6, 6.07) is 2.14. The average molecular weight is 240 g/mol. The van der Waals surface area contributed by atoms with Crippen molar-refractivity contribution in [2.45, 2.75) is 64.1 Å². The number of hydrogen-bond donors (Lipinski definition) is 1. The molecule has 2 aliphatic heterocycles. The van der Waals surface area contributed by atoms with E-state index in [1.54, 1.807) is 0 Å². The molecule has 2 rings (SSSR count). The van der Waals surface area contributed by atoms with Crippen LogP contribution in [0.5, 0.6) is 0 Å². The molecule has 2 heterocycles. The highest BCUT2D eigenvalue weighted by Gasteiger charge is 2.32. The fraction of sp³-hybridized carbons (Fsp3) is 1.00. The molecule has 0 radical (unpaired) electrons. The minimum Gasteiger partial charge on any atom is -0.381 e. The molecule has 2 aliphatic rings. The molecule has 2 saturated heterocycles. The van der Waals surface area contributed by atoms with Crippen molar-refractivity contribution in [1.82, 2.24) is 10.2 Å². The summed E-state index contributed by atoms with van der Waals surface area (Å²) in [5, 5.41) is 3.61. The van der Waals surface area contributed by atoms with E-state index in [1.165, 1.54) is 38.6 Å². The Bertz CT molecular complexity index is 216. The monoisotopic (exact) mass is 240 g/mol. The van der Waals surface area contributed by atoms with Gasteiger partial charge >= 0.3 is 0 Å². The van der Waals surface area contributed by atoms with Gasteiger partial charge in [-0.25, -0.2) is 0 Å². The molecule has 0 aromatic rings. The number of likely N-dealkylation sites (tertiary alicyclic amines) is 1. The smallest absolute Gasteiger partial charge is 0.0480 e. The van der Waals surface area contributed by atoms with E-state index in [0.717, 1.165) is 31.8 Å². The summed E-state index contributed by atoms with van der Waals surface area (Å²) >= 11 is 0. The highest BCUT2D eigenvalue weighted by atomic mass is 16.5. The SMILES string of the molecule is CCNC(C)C1CCCCN1C1CCOCC1. The van der Waals surface area contributed by atoms with Crippen LogP contribution >= 0.6 is 0 Å². The second-order valence-electron chi connectivity index (χ2n) is 5.49. The third-order valence-electron chi connectivity index (χ3n) is 4.36. The second kappa shape index (κ2) is 6.72. The summed E-state index contributed by atoms with van der Waals surface area (Å²) in [7, 11) is 0. The minimum atomic E-state index is 0.628. The Morgan fingerprint density at radius 3 is 2.71 bits per heavy atom. The van der Waals surface area contributed by atoms with E-state index < -0.39 is 0 Å². The molecule has 100 valence electrons. The van der Waals surface area contributed by atoms with E-state index in [1.807, 2.05) is 0 Å². The van der Waals surface area contributed by atoms with E-state index in [0.29, 0.717) is 6.04 Å². The first-order valence-electron chi connectivity index (χ1n) is 7.39. The van der Waals surface area contributed by atoms with Gasteiger partial charge in [0.05, 0.1) is 0 Å². The topological polar surface area (TPSA) is 24.5 Å². The summed E-state index contributed by atoms with van der Waals surface area (Å²) in [6.45, 7) is 8.86. The van der Waals surface area contributed by atoms with Crippen LogP contribution in [-0.4, -0.2) is 49.3 Å². The molecule has 2 fully saturated rings. The van der Waals surface area contributed by atoms with Gasteiger partial charge in [-0.15, -0.1) is 0 Å². The van der Waals surface area contributed by atoms with Crippen LogP contribution in [0.25, 0.3) is 0 Å². The minimum absolute atomic E-state index is 0.628. The molecule has 17 heavy (non-hydrogen) atoms. The van der Waals surface area contributed by atoms with Crippen molar-refractivity contribution >= 4 is 0 Å². The Labute approximate surface area is 106 Å². The summed E-state index contributed by atoms with van der Waals surface area (Å²) in [5.41, 5.74) is 0. The Morgan fingerprint density at radius 2 is 2.00 bits per heavy atom. The lowest BCUT2D eigenvalue weighted by Gasteiger charge is -2.45. The van der Waals surface area contributed by atoms with Gasteiger partial charge in [0, 0.05) is 31.3 Å². The van der Waals surface area contributed by atoms with Crippen LogP contribution in [0.1, 0.15) is 46.0 Å². The fourth-order valence-electron chi connectivity index (χ4n) is 3.44. The molecule has 0 saturated carbocycles. The van der Waals surface area contributed by atoms with Crippen molar-refractivity contribution in [1.29, 1.82) is 0 Å². The predicted molar refractivity (Wildman–Crippen MR) is 71.3 cm³/mol. The first kappa shape index (κ1) is 13.3. The van der Waals surface area contributed by atoms with Gasteiger partial charge in [-0.1, -0.05) is 13.3 Å². The quantitative estimate of drug-likeness (QED) is 0.813. The van der Waals surface area contributed by atoms with Crippen LogP contribution < -0.4 is 5.32 Å². The number of ether oxygens (including phenoxy) is 1. The molecule has 0 aromatic carbocycles. The maximum absolute atomic E-state index is 5.49. The number of piperidine rings is 1. The summed E-state index contributed by atoms with van der Waals surface area (Å²) in [4.78, 5) is 2.78. The predicted octanol–water partition coefficient (Wildman–Crippen LogP) is 2.02. The highest BCUT2D eigenvalue weighted by molar-refractivity contribution is 4.89. The van der Waals surface area contributed by atoms with Gasteiger partial charge < -0.3 is 10.1 Å². The van der Waals surface area contributed by atoms with Crippen LogP contribution in [0, 0.1) is 0 Å². The Morgan fingerprint density at radius 1 is 1.24 bits per heavy atom. The molecule has 0 aromatic heterocycles. The number of likely N-dealkylation sites (N-methyl/N-ethyl adjacent to an activating group) is 1. The zero-order chi connectivity index (χ0) is 12.1. The lowest BCUT2D eigenvalue weighted by atomic mass is 9.92. The number of nitrogens with one attached hydrogen (secondary N) is 1. The van der Waals surface area contributed by atoms with Gasteiger partial charge in [-0.3, -0.25) is 4.90 Å². The molecule has 0 spiro atoms. The van der Waals surface area contributed by atoms with E-state index >= 15 is 0 Å². The lowest BCUT2D eigenvalue weighted by Crippen LogP contribution is -2.55. The maximum Gasteiger partial charge on any atom is 0.0480 e. The van der Waals surface area contributed by atoms with Crippen LogP contribution in [0.4, 0.5) is 0 Å². The average Bonchev–Trinajstić information content (AvgIpc) is 2.40. The molecule has 3 heteroatoms. The van der Waals surface area contributed by atoms with Crippen molar-refractivity contribution < 1.29 is 4.74 Å². The zero-order valence-electron chi connectivity index (χ0n) is 11.5. The molecule has 2 unspecified atom stereocenters.